The van der Waals surface area contributed by atoms with Crippen LogP contribution < -0.4 is 5.32 Å². The third kappa shape index (κ3) is 4.01. The maximum Gasteiger partial charge on any atom is 0.254 e. The van der Waals surface area contributed by atoms with Gasteiger partial charge in [-0.05, 0) is 49.8 Å². The molecule has 0 saturated heterocycles. The molecule has 0 spiro atoms. The molecule has 1 fully saturated rings. The molecule has 5 heteroatoms. The highest BCUT2D eigenvalue weighted by atomic mass is 79.9. The number of carbonyl (C=O) groups excluding carboxylic acids is 1. The number of rotatable bonds is 3. The molecular formula is C14H17BrFNO2. The molecule has 19 heavy (non-hydrogen) atoms. The molecule has 3 nitrogen and oxygen atoms in total. The fourth-order valence-electron chi connectivity index (χ4n) is 2.35. The van der Waals surface area contributed by atoms with E-state index >= 15 is 0 Å². The van der Waals surface area contributed by atoms with Gasteiger partial charge >= 0.3 is 0 Å². The number of nitrogens with one attached hydrogen (secondary N) is 1. The van der Waals surface area contributed by atoms with Gasteiger partial charge < -0.3 is 10.4 Å². The molecule has 1 amide bonds. The Hall–Kier alpha value is -0.940. The minimum Gasteiger partial charge on any atom is -0.393 e. The summed E-state index contributed by atoms with van der Waals surface area (Å²) in [6.45, 7) is 0.539. The van der Waals surface area contributed by atoms with Gasteiger partial charge in [0.15, 0.2) is 0 Å². The predicted octanol–water partition coefficient (Wildman–Crippen LogP) is 2.87. The van der Waals surface area contributed by atoms with Gasteiger partial charge in [-0.3, -0.25) is 4.79 Å². The normalized spacial score (nSPS) is 23.1. The Morgan fingerprint density at radius 2 is 2.05 bits per heavy atom. The van der Waals surface area contributed by atoms with Crippen molar-refractivity contribution in [1.82, 2.24) is 5.32 Å². The Bertz CT molecular complexity index is 459. The lowest BCUT2D eigenvalue weighted by Gasteiger charge is -2.25. The summed E-state index contributed by atoms with van der Waals surface area (Å²) in [6.07, 6.45) is 3.18. The van der Waals surface area contributed by atoms with Crippen molar-refractivity contribution in [3.63, 3.8) is 0 Å². The summed E-state index contributed by atoms with van der Waals surface area (Å²) in [5.74, 6) is -0.521. The SMILES string of the molecule is O=C(NCC1CCC(O)CC1)c1cc(Br)ccc1F. The number of halogens is 2. The maximum atomic E-state index is 13.5. The van der Waals surface area contributed by atoms with Gasteiger partial charge in [-0.25, -0.2) is 4.39 Å². The zero-order valence-corrected chi connectivity index (χ0v) is 12.1. The van der Waals surface area contributed by atoms with E-state index in [-0.39, 0.29) is 17.6 Å². The van der Waals surface area contributed by atoms with E-state index < -0.39 is 5.82 Å². The standard InChI is InChI=1S/C14H17BrFNO2/c15-10-3-6-13(16)12(7-10)14(19)17-8-9-1-4-11(18)5-2-9/h3,6-7,9,11,18H,1-2,4-5,8H2,(H,17,19). The average molecular weight is 330 g/mol. The minimum atomic E-state index is -0.514. The van der Waals surface area contributed by atoms with Gasteiger partial charge in [0.25, 0.3) is 5.91 Å². The summed E-state index contributed by atoms with van der Waals surface area (Å²) in [5.41, 5.74) is 0.0604. The third-order valence-electron chi connectivity index (χ3n) is 3.54. The molecule has 0 atom stereocenters. The molecule has 0 aliphatic heterocycles. The lowest BCUT2D eigenvalue weighted by atomic mass is 9.87. The quantitative estimate of drug-likeness (QED) is 0.895. The smallest absolute Gasteiger partial charge is 0.254 e. The van der Waals surface area contributed by atoms with Crippen LogP contribution in [0.5, 0.6) is 0 Å². The number of benzene rings is 1. The molecule has 2 rings (SSSR count). The summed E-state index contributed by atoms with van der Waals surface area (Å²) >= 11 is 3.22. The van der Waals surface area contributed by atoms with E-state index in [1.165, 1.54) is 12.1 Å². The second-order valence-electron chi connectivity index (χ2n) is 5.01. The zero-order chi connectivity index (χ0) is 13.8. The molecule has 1 aliphatic rings. The number of aliphatic hydroxyl groups is 1. The average Bonchev–Trinajstić information content (AvgIpc) is 2.40. The first kappa shape index (κ1) is 14.5. The van der Waals surface area contributed by atoms with Crippen molar-refractivity contribution in [2.24, 2.45) is 5.92 Å². The van der Waals surface area contributed by atoms with Crippen LogP contribution in [-0.4, -0.2) is 23.7 Å². The fraction of sp³-hybridized carbons (Fsp3) is 0.500. The molecule has 0 aromatic heterocycles. The summed E-state index contributed by atoms with van der Waals surface area (Å²) in [6, 6.07) is 4.32. The Kier molecular flexibility index (Phi) is 4.93. The lowest BCUT2D eigenvalue weighted by molar-refractivity contribution is 0.0907. The van der Waals surface area contributed by atoms with E-state index in [1.54, 1.807) is 6.07 Å². The Balaban J connectivity index is 1.89. The monoisotopic (exact) mass is 329 g/mol. The van der Waals surface area contributed by atoms with E-state index in [0.29, 0.717) is 16.9 Å². The van der Waals surface area contributed by atoms with Gasteiger partial charge in [0.1, 0.15) is 5.82 Å². The predicted molar refractivity (Wildman–Crippen MR) is 74.4 cm³/mol. The molecule has 2 N–H and O–H groups in total. The first-order chi connectivity index (χ1) is 9.06. The van der Waals surface area contributed by atoms with Crippen molar-refractivity contribution in [3.8, 4) is 0 Å². The van der Waals surface area contributed by atoms with E-state index in [4.69, 9.17) is 0 Å². The molecule has 0 radical (unpaired) electrons. The van der Waals surface area contributed by atoms with Crippen molar-refractivity contribution in [2.45, 2.75) is 31.8 Å². The van der Waals surface area contributed by atoms with Crippen molar-refractivity contribution < 1.29 is 14.3 Å². The lowest BCUT2D eigenvalue weighted by Crippen LogP contribution is -2.32. The molecule has 1 aliphatic carbocycles. The molecule has 0 unspecified atom stereocenters. The van der Waals surface area contributed by atoms with Crippen LogP contribution in [0.25, 0.3) is 0 Å². The summed E-state index contributed by atoms with van der Waals surface area (Å²) < 4.78 is 14.2. The Morgan fingerprint density at radius 3 is 2.74 bits per heavy atom. The number of hydrogen-bond donors (Lipinski definition) is 2. The molecule has 1 saturated carbocycles. The summed E-state index contributed by atoms with van der Waals surface area (Å²) in [7, 11) is 0. The Morgan fingerprint density at radius 1 is 1.37 bits per heavy atom. The van der Waals surface area contributed by atoms with Crippen molar-refractivity contribution in [1.29, 1.82) is 0 Å². The van der Waals surface area contributed by atoms with Crippen LogP contribution >= 0.6 is 15.9 Å². The molecular weight excluding hydrogens is 313 g/mol. The van der Waals surface area contributed by atoms with E-state index in [1.807, 2.05) is 0 Å². The topological polar surface area (TPSA) is 49.3 Å². The number of amides is 1. The fourth-order valence-corrected chi connectivity index (χ4v) is 2.71. The van der Waals surface area contributed by atoms with Gasteiger partial charge in [-0.1, -0.05) is 15.9 Å². The van der Waals surface area contributed by atoms with E-state index in [9.17, 15) is 14.3 Å². The van der Waals surface area contributed by atoms with Gasteiger partial charge in [0.2, 0.25) is 0 Å². The van der Waals surface area contributed by atoms with E-state index in [0.717, 1.165) is 25.7 Å². The van der Waals surface area contributed by atoms with Gasteiger partial charge in [0, 0.05) is 11.0 Å². The van der Waals surface area contributed by atoms with Crippen LogP contribution in [-0.2, 0) is 0 Å². The van der Waals surface area contributed by atoms with Crippen LogP contribution in [0.1, 0.15) is 36.0 Å². The van der Waals surface area contributed by atoms with Crippen molar-refractivity contribution in [3.05, 3.63) is 34.1 Å². The van der Waals surface area contributed by atoms with E-state index in [2.05, 4.69) is 21.2 Å². The van der Waals surface area contributed by atoms with Gasteiger partial charge in [-0.2, -0.15) is 0 Å². The van der Waals surface area contributed by atoms with Crippen molar-refractivity contribution >= 4 is 21.8 Å². The van der Waals surface area contributed by atoms with Crippen LogP contribution in [0.4, 0.5) is 4.39 Å². The van der Waals surface area contributed by atoms with Gasteiger partial charge in [0.05, 0.1) is 11.7 Å². The van der Waals surface area contributed by atoms with Crippen LogP contribution in [0, 0.1) is 11.7 Å². The zero-order valence-electron chi connectivity index (χ0n) is 10.5. The van der Waals surface area contributed by atoms with Crippen LogP contribution in [0.3, 0.4) is 0 Å². The summed E-state index contributed by atoms with van der Waals surface area (Å²) in [4.78, 5) is 11.9. The Labute approximate surface area is 120 Å². The highest BCUT2D eigenvalue weighted by Crippen LogP contribution is 2.23. The first-order valence-corrected chi connectivity index (χ1v) is 7.27. The molecule has 1 aromatic rings. The highest BCUT2D eigenvalue weighted by molar-refractivity contribution is 9.10. The molecule has 0 heterocycles. The second kappa shape index (κ2) is 6.48. The number of carbonyl (C=O) groups is 1. The third-order valence-corrected chi connectivity index (χ3v) is 4.03. The van der Waals surface area contributed by atoms with Gasteiger partial charge in [-0.15, -0.1) is 0 Å². The summed E-state index contributed by atoms with van der Waals surface area (Å²) in [5, 5.41) is 12.2. The maximum absolute atomic E-state index is 13.5. The minimum absolute atomic E-state index is 0.0604. The van der Waals surface area contributed by atoms with Crippen LogP contribution in [0.15, 0.2) is 22.7 Å². The second-order valence-corrected chi connectivity index (χ2v) is 5.92. The largest absolute Gasteiger partial charge is 0.393 e. The first-order valence-electron chi connectivity index (χ1n) is 6.47. The number of aliphatic hydroxyl groups excluding tert-OH is 1. The number of hydrogen-bond acceptors (Lipinski definition) is 2. The molecule has 0 bridgehead atoms. The molecule has 1 aromatic carbocycles. The van der Waals surface area contributed by atoms with Crippen molar-refractivity contribution in [2.75, 3.05) is 6.54 Å². The highest BCUT2D eigenvalue weighted by Gasteiger charge is 2.20. The van der Waals surface area contributed by atoms with Crippen LogP contribution in [0.2, 0.25) is 0 Å². The molecule has 104 valence electrons.